The fourth-order valence-electron chi connectivity index (χ4n) is 2.72. The summed E-state index contributed by atoms with van der Waals surface area (Å²) < 4.78 is 5.78. The number of hydrogen-bond donors (Lipinski definition) is 0. The highest BCUT2D eigenvalue weighted by atomic mass is 35.5. The van der Waals surface area contributed by atoms with E-state index in [0.29, 0.717) is 41.7 Å². The molecule has 1 saturated heterocycles. The van der Waals surface area contributed by atoms with Gasteiger partial charge in [-0.1, -0.05) is 29.8 Å². The van der Waals surface area contributed by atoms with Crippen LogP contribution >= 0.6 is 11.6 Å². The van der Waals surface area contributed by atoms with Gasteiger partial charge in [0.1, 0.15) is 17.9 Å². The third-order valence-corrected chi connectivity index (χ3v) is 4.38. The molecule has 2 heterocycles. The molecule has 1 unspecified atom stereocenters. The number of benzene rings is 1. The predicted octanol–water partition coefficient (Wildman–Crippen LogP) is 3.13. The molecule has 3 rings (SSSR count). The lowest BCUT2D eigenvalue weighted by Crippen LogP contribution is -2.42. The molecule has 2 aromatic rings. The Labute approximate surface area is 145 Å². The third-order valence-electron chi connectivity index (χ3n) is 4.03. The van der Waals surface area contributed by atoms with Gasteiger partial charge in [0.05, 0.1) is 24.4 Å². The van der Waals surface area contributed by atoms with E-state index in [9.17, 15) is 4.79 Å². The molecule has 0 saturated carbocycles. The summed E-state index contributed by atoms with van der Waals surface area (Å²) in [5.74, 6) is -0.164. The number of amides is 1. The van der Waals surface area contributed by atoms with Gasteiger partial charge in [0.15, 0.2) is 0 Å². The largest absolute Gasteiger partial charge is 0.370 e. The van der Waals surface area contributed by atoms with Crippen molar-refractivity contribution in [1.29, 1.82) is 5.26 Å². The minimum atomic E-state index is -0.254. The monoisotopic (exact) mass is 341 g/mol. The van der Waals surface area contributed by atoms with Crippen LogP contribution < -0.4 is 0 Å². The van der Waals surface area contributed by atoms with Gasteiger partial charge in [-0.15, -0.1) is 0 Å². The van der Waals surface area contributed by atoms with Crippen LogP contribution in [0.25, 0.3) is 0 Å². The Morgan fingerprint density at radius 3 is 2.88 bits per heavy atom. The fraction of sp³-hybridized carbons (Fsp3) is 0.278. The second kappa shape index (κ2) is 7.00. The van der Waals surface area contributed by atoms with Gasteiger partial charge >= 0.3 is 0 Å². The number of aromatic nitrogens is 1. The van der Waals surface area contributed by atoms with E-state index in [1.807, 2.05) is 24.3 Å². The van der Waals surface area contributed by atoms with Crippen LogP contribution in [-0.2, 0) is 4.74 Å². The van der Waals surface area contributed by atoms with Gasteiger partial charge < -0.3 is 9.64 Å². The lowest BCUT2D eigenvalue weighted by molar-refractivity contribution is -0.0229. The van der Waals surface area contributed by atoms with Crippen LogP contribution in [0.2, 0.25) is 5.02 Å². The zero-order valence-corrected chi connectivity index (χ0v) is 14.0. The molecule has 0 radical (unpaired) electrons. The van der Waals surface area contributed by atoms with Crippen molar-refractivity contribution in [3.63, 3.8) is 0 Å². The first-order chi connectivity index (χ1) is 11.6. The number of pyridine rings is 1. The van der Waals surface area contributed by atoms with Crippen LogP contribution in [0, 0.1) is 18.3 Å². The van der Waals surface area contributed by atoms with E-state index in [1.54, 1.807) is 24.0 Å². The van der Waals surface area contributed by atoms with Gasteiger partial charge in [0, 0.05) is 17.1 Å². The Morgan fingerprint density at radius 2 is 2.17 bits per heavy atom. The number of aryl methyl sites for hydroxylation is 1. The number of morpholine rings is 1. The quantitative estimate of drug-likeness (QED) is 0.841. The van der Waals surface area contributed by atoms with Gasteiger partial charge in [-0.25, -0.2) is 4.98 Å². The van der Waals surface area contributed by atoms with Crippen LogP contribution in [0.1, 0.15) is 33.4 Å². The highest BCUT2D eigenvalue weighted by Crippen LogP contribution is 2.28. The van der Waals surface area contributed by atoms with Crippen LogP contribution in [-0.4, -0.2) is 35.5 Å². The van der Waals surface area contributed by atoms with Crippen LogP contribution in [0.15, 0.2) is 36.4 Å². The molecule has 5 nitrogen and oxygen atoms in total. The summed E-state index contributed by atoms with van der Waals surface area (Å²) in [6.45, 7) is 3.09. The molecule has 24 heavy (non-hydrogen) atoms. The number of ether oxygens (including phenoxy) is 1. The number of carbonyl (C=O) groups excluding carboxylic acids is 1. The van der Waals surface area contributed by atoms with E-state index >= 15 is 0 Å². The molecule has 122 valence electrons. The van der Waals surface area contributed by atoms with E-state index < -0.39 is 0 Å². The second-order valence-electron chi connectivity index (χ2n) is 5.57. The van der Waals surface area contributed by atoms with E-state index in [1.165, 1.54) is 0 Å². The van der Waals surface area contributed by atoms with Crippen LogP contribution in [0.5, 0.6) is 0 Å². The maximum absolute atomic E-state index is 12.7. The molecule has 0 N–H and O–H groups in total. The van der Waals surface area contributed by atoms with Crippen molar-refractivity contribution in [2.75, 3.05) is 19.7 Å². The van der Waals surface area contributed by atoms with Crippen molar-refractivity contribution in [3.8, 4) is 6.07 Å². The molecular formula is C18H16ClN3O2. The van der Waals surface area contributed by atoms with E-state index in [0.717, 1.165) is 5.56 Å². The van der Waals surface area contributed by atoms with Crippen molar-refractivity contribution >= 4 is 17.5 Å². The standard InChI is InChI=1S/C18H16ClN3O2/c1-12-13(10-20)6-7-16(21-12)18(23)22-8-9-24-17(11-22)14-4-2-3-5-15(14)19/h2-7,17H,8-9,11H2,1H3. The number of rotatable bonds is 2. The second-order valence-corrected chi connectivity index (χ2v) is 5.98. The first kappa shape index (κ1) is 16.4. The summed E-state index contributed by atoms with van der Waals surface area (Å²) in [5, 5.41) is 9.60. The summed E-state index contributed by atoms with van der Waals surface area (Å²) in [7, 11) is 0. The van der Waals surface area contributed by atoms with Gasteiger partial charge in [-0.2, -0.15) is 5.26 Å². The molecule has 0 aliphatic carbocycles. The summed E-state index contributed by atoms with van der Waals surface area (Å²) >= 11 is 6.23. The number of nitriles is 1. The number of nitrogens with zero attached hydrogens (tertiary/aromatic N) is 3. The van der Waals surface area contributed by atoms with Crippen molar-refractivity contribution in [2.24, 2.45) is 0 Å². The van der Waals surface area contributed by atoms with Crippen molar-refractivity contribution in [1.82, 2.24) is 9.88 Å². The highest BCUT2D eigenvalue weighted by Gasteiger charge is 2.28. The van der Waals surface area contributed by atoms with Crippen LogP contribution in [0.4, 0.5) is 0 Å². The van der Waals surface area contributed by atoms with Crippen molar-refractivity contribution in [2.45, 2.75) is 13.0 Å². The molecule has 1 fully saturated rings. The Bertz CT molecular complexity index is 816. The smallest absolute Gasteiger partial charge is 0.272 e. The SMILES string of the molecule is Cc1nc(C(=O)N2CCOC(c3ccccc3Cl)C2)ccc1C#N. The fourth-order valence-corrected chi connectivity index (χ4v) is 2.98. The molecule has 0 bridgehead atoms. The van der Waals surface area contributed by atoms with E-state index in [2.05, 4.69) is 11.1 Å². The molecule has 1 aromatic carbocycles. The molecule has 1 aliphatic rings. The molecule has 1 amide bonds. The minimum absolute atomic E-state index is 0.164. The lowest BCUT2D eigenvalue weighted by atomic mass is 10.1. The predicted molar refractivity (Wildman–Crippen MR) is 89.7 cm³/mol. The Kier molecular flexibility index (Phi) is 4.79. The van der Waals surface area contributed by atoms with Crippen LogP contribution in [0.3, 0.4) is 0 Å². The number of carbonyl (C=O) groups is 1. The summed E-state index contributed by atoms with van der Waals surface area (Å²) in [4.78, 5) is 18.7. The lowest BCUT2D eigenvalue weighted by Gasteiger charge is -2.33. The average molecular weight is 342 g/mol. The topological polar surface area (TPSA) is 66.2 Å². The molecule has 0 spiro atoms. The van der Waals surface area contributed by atoms with Crippen molar-refractivity contribution in [3.05, 3.63) is 63.9 Å². The Morgan fingerprint density at radius 1 is 1.38 bits per heavy atom. The molecule has 1 aromatic heterocycles. The van der Waals surface area contributed by atoms with E-state index in [4.69, 9.17) is 21.6 Å². The summed E-state index contributed by atoms with van der Waals surface area (Å²) in [5.41, 5.74) is 2.24. The molecule has 1 atom stereocenters. The first-order valence-corrected chi connectivity index (χ1v) is 8.01. The third kappa shape index (κ3) is 3.25. The minimum Gasteiger partial charge on any atom is -0.370 e. The highest BCUT2D eigenvalue weighted by molar-refractivity contribution is 6.31. The first-order valence-electron chi connectivity index (χ1n) is 7.63. The van der Waals surface area contributed by atoms with E-state index in [-0.39, 0.29) is 12.0 Å². The van der Waals surface area contributed by atoms with Gasteiger partial charge in [-0.3, -0.25) is 4.79 Å². The number of halogens is 1. The Hall–Kier alpha value is -2.42. The zero-order chi connectivity index (χ0) is 17.1. The molecule has 1 aliphatic heterocycles. The number of hydrogen-bond acceptors (Lipinski definition) is 4. The van der Waals surface area contributed by atoms with Crippen molar-refractivity contribution < 1.29 is 9.53 Å². The maximum atomic E-state index is 12.7. The summed E-state index contributed by atoms with van der Waals surface area (Å²) in [6, 6.07) is 12.8. The maximum Gasteiger partial charge on any atom is 0.272 e. The van der Waals surface area contributed by atoms with Gasteiger partial charge in [0.25, 0.3) is 5.91 Å². The summed E-state index contributed by atoms with van der Waals surface area (Å²) in [6.07, 6.45) is -0.254. The van der Waals surface area contributed by atoms with Gasteiger partial charge in [-0.05, 0) is 25.1 Å². The normalized spacial score (nSPS) is 17.4. The molecular weight excluding hydrogens is 326 g/mol. The van der Waals surface area contributed by atoms with Gasteiger partial charge in [0.2, 0.25) is 0 Å². The Balaban J connectivity index is 1.80. The average Bonchev–Trinajstić information content (AvgIpc) is 2.61. The zero-order valence-electron chi connectivity index (χ0n) is 13.2. The molecule has 6 heteroatoms.